The van der Waals surface area contributed by atoms with Gasteiger partial charge in [0.05, 0.1) is 11.3 Å². The molecule has 2 aromatic rings. The van der Waals surface area contributed by atoms with Gasteiger partial charge in [0.2, 0.25) is 0 Å². The highest BCUT2D eigenvalue weighted by Gasteiger charge is 2.37. The maximum absolute atomic E-state index is 10.8. The van der Waals surface area contributed by atoms with Gasteiger partial charge in [-0.1, -0.05) is 11.8 Å². The molecule has 6 nitrogen and oxygen atoms in total. The second-order valence-corrected chi connectivity index (χ2v) is 7.37. The molecule has 1 N–H and O–H groups in total. The number of carboxylic acids is 1. The number of carboxylic acid groups (broad SMARTS) is 1. The Labute approximate surface area is 130 Å². The molecule has 1 fully saturated rings. The van der Waals surface area contributed by atoms with Crippen LogP contribution in [-0.4, -0.2) is 36.6 Å². The van der Waals surface area contributed by atoms with Gasteiger partial charge in [-0.25, -0.2) is 4.98 Å². The van der Waals surface area contributed by atoms with Crippen LogP contribution in [0.25, 0.3) is 0 Å². The maximum Gasteiger partial charge on any atom is 0.313 e. The van der Waals surface area contributed by atoms with Gasteiger partial charge in [-0.05, 0) is 26.7 Å². The molecule has 0 aliphatic heterocycles. The van der Waals surface area contributed by atoms with Crippen LogP contribution in [0, 0.1) is 0 Å². The van der Waals surface area contributed by atoms with Gasteiger partial charge < -0.3 is 5.11 Å². The Bertz CT molecular complexity index is 647. The van der Waals surface area contributed by atoms with Crippen molar-refractivity contribution < 1.29 is 9.90 Å². The fraction of sp³-hybridized carbons (Fsp3) is 0.538. The van der Waals surface area contributed by atoms with Crippen LogP contribution in [0.3, 0.4) is 0 Å². The van der Waals surface area contributed by atoms with Gasteiger partial charge in [-0.3, -0.25) is 9.36 Å². The number of thiazole rings is 1. The summed E-state index contributed by atoms with van der Waals surface area (Å²) in [6.07, 6.45) is 4.03. The zero-order valence-corrected chi connectivity index (χ0v) is 13.4. The van der Waals surface area contributed by atoms with Crippen molar-refractivity contribution in [3.05, 3.63) is 22.4 Å². The van der Waals surface area contributed by atoms with Gasteiger partial charge in [0, 0.05) is 17.5 Å². The average molecular weight is 324 g/mol. The van der Waals surface area contributed by atoms with Gasteiger partial charge >= 0.3 is 5.97 Å². The molecule has 0 unspecified atom stereocenters. The molecular formula is C13H16N4O2S2. The largest absolute Gasteiger partial charge is 0.481 e. The summed E-state index contributed by atoms with van der Waals surface area (Å²) in [5.74, 6) is 0.519. The number of rotatable bonds is 6. The Morgan fingerprint density at radius 3 is 2.86 bits per heavy atom. The summed E-state index contributed by atoms with van der Waals surface area (Å²) in [6, 6.07) is 0. The van der Waals surface area contributed by atoms with E-state index in [1.54, 1.807) is 17.5 Å². The first-order chi connectivity index (χ1) is 10.00. The van der Waals surface area contributed by atoms with Crippen molar-refractivity contribution in [1.82, 2.24) is 19.7 Å². The molecule has 8 heteroatoms. The van der Waals surface area contributed by atoms with Crippen LogP contribution in [0.2, 0.25) is 0 Å². The zero-order chi connectivity index (χ0) is 15.0. The number of hydrogen-bond acceptors (Lipinski definition) is 6. The fourth-order valence-electron chi connectivity index (χ4n) is 2.25. The monoisotopic (exact) mass is 324 g/mol. The maximum atomic E-state index is 10.8. The smallest absolute Gasteiger partial charge is 0.313 e. The van der Waals surface area contributed by atoms with Crippen molar-refractivity contribution in [2.75, 3.05) is 5.75 Å². The highest BCUT2D eigenvalue weighted by Crippen LogP contribution is 2.43. The lowest BCUT2D eigenvalue weighted by Crippen LogP contribution is -2.30. The van der Waals surface area contributed by atoms with Crippen LogP contribution in [-0.2, 0) is 10.3 Å². The molecule has 1 saturated carbocycles. The number of hydrogen-bond donors (Lipinski definition) is 1. The van der Waals surface area contributed by atoms with Gasteiger partial charge in [0.1, 0.15) is 10.8 Å². The Hall–Kier alpha value is -1.41. The van der Waals surface area contributed by atoms with Gasteiger partial charge in [0.15, 0.2) is 5.16 Å². The van der Waals surface area contributed by atoms with Crippen LogP contribution < -0.4 is 0 Å². The van der Waals surface area contributed by atoms with Crippen molar-refractivity contribution in [2.24, 2.45) is 0 Å². The van der Waals surface area contributed by atoms with Crippen LogP contribution in [0.15, 0.2) is 16.7 Å². The lowest BCUT2D eigenvalue weighted by Gasteiger charge is -2.27. The van der Waals surface area contributed by atoms with E-state index in [1.165, 1.54) is 11.8 Å². The number of aliphatic carboxylic acids is 1. The summed E-state index contributed by atoms with van der Waals surface area (Å²) < 4.78 is 2.07. The van der Waals surface area contributed by atoms with E-state index in [2.05, 4.69) is 33.6 Å². The molecule has 21 heavy (non-hydrogen) atoms. The molecule has 0 aromatic carbocycles. The average Bonchev–Trinajstić information content (AvgIpc) is 2.96. The van der Waals surface area contributed by atoms with Crippen LogP contribution >= 0.6 is 23.1 Å². The molecule has 1 aliphatic rings. The molecule has 0 atom stereocenters. The standard InChI is InChI=1S/C13H16N4O2S2/c1-13(2,11-14-5-6-20-11)17-10(8-3-4-8)15-16-12(17)21-7-9(18)19/h5-6,8H,3-4,7H2,1-2H3,(H,18,19). The minimum absolute atomic E-state index is 0.0171. The summed E-state index contributed by atoms with van der Waals surface area (Å²) in [6.45, 7) is 4.15. The zero-order valence-electron chi connectivity index (χ0n) is 11.8. The van der Waals surface area contributed by atoms with E-state index in [9.17, 15) is 4.79 Å². The van der Waals surface area contributed by atoms with Crippen molar-refractivity contribution >= 4 is 29.1 Å². The SMILES string of the molecule is CC(C)(c1nccs1)n1c(SCC(=O)O)nnc1C1CC1. The molecule has 0 radical (unpaired) electrons. The Morgan fingerprint density at radius 1 is 1.52 bits per heavy atom. The molecule has 0 bridgehead atoms. The Kier molecular flexibility index (Phi) is 3.75. The highest BCUT2D eigenvalue weighted by atomic mass is 32.2. The summed E-state index contributed by atoms with van der Waals surface area (Å²) >= 11 is 2.80. The third kappa shape index (κ3) is 2.82. The number of thioether (sulfide) groups is 1. The van der Waals surface area contributed by atoms with E-state index in [0.29, 0.717) is 11.1 Å². The first kappa shape index (κ1) is 14.5. The molecule has 3 rings (SSSR count). The third-order valence-corrected chi connectivity index (χ3v) is 5.44. The van der Waals surface area contributed by atoms with E-state index >= 15 is 0 Å². The summed E-state index contributed by atoms with van der Waals surface area (Å²) in [7, 11) is 0. The molecule has 1 aliphatic carbocycles. The number of carbonyl (C=O) groups is 1. The summed E-state index contributed by atoms with van der Waals surface area (Å²) in [5, 5.41) is 21.0. The van der Waals surface area contributed by atoms with Gasteiger partial charge in [0.25, 0.3) is 0 Å². The number of aromatic nitrogens is 4. The lowest BCUT2D eigenvalue weighted by atomic mass is 10.1. The van der Waals surface area contributed by atoms with E-state index in [1.807, 2.05) is 5.38 Å². The summed E-state index contributed by atoms with van der Waals surface area (Å²) in [4.78, 5) is 15.2. The van der Waals surface area contributed by atoms with Crippen molar-refractivity contribution in [3.63, 3.8) is 0 Å². The third-order valence-electron chi connectivity index (χ3n) is 3.44. The predicted molar refractivity (Wildman–Crippen MR) is 80.9 cm³/mol. The second kappa shape index (κ2) is 5.42. The number of nitrogens with zero attached hydrogens (tertiary/aromatic N) is 4. The van der Waals surface area contributed by atoms with Crippen LogP contribution in [0.1, 0.15) is 43.4 Å². The Morgan fingerprint density at radius 2 is 2.29 bits per heavy atom. The fourth-order valence-corrected chi connectivity index (χ4v) is 3.81. The molecule has 0 spiro atoms. The Balaban J connectivity index is 2.01. The molecule has 112 valence electrons. The van der Waals surface area contributed by atoms with E-state index in [4.69, 9.17) is 5.11 Å². The lowest BCUT2D eigenvalue weighted by molar-refractivity contribution is -0.133. The predicted octanol–water partition coefficient (Wildman–Crippen LogP) is 2.57. The molecule has 0 amide bonds. The van der Waals surface area contributed by atoms with Crippen LogP contribution in [0.4, 0.5) is 0 Å². The van der Waals surface area contributed by atoms with E-state index in [0.717, 1.165) is 23.7 Å². The molecular weight excluding hydrogens is 308 g/mol. The summed E-state index contributed by atoms with van der Waals surface area (Å²) in [5.41, 5.74) is -0.379. The van der Waals surface area contributed by atoms with E-state index in [-0.39, 0.29) is 11.3 Å². The van der Waals surface area contributed by atoms with Crippen molar-refractivity contribution in [3.8, 4) is 0 Å². The quantitative estimate of drug-likeness (QED) is 0.823. The highest BCUT2D eigenvalue weighted by molar-refractivity contribution is 7.99. The first-order valence-corrected chi connectivity index (χ1v) is 8.57. The van der Waals surface area contributed by atoms with Crippen LogP contribution in [0.5, 0.6) is 0 Å². The topological polar surface area (TPSA) is 80.9 Å². The first-order valence-electron chi connectivity index (χ1n) is 6.70. The van der Waals surface area contributed by atoms with Crippen molar-refractivity contribution in [1.29, 1.82) is 0 Å². The minimum Gasteiger partial charge on any atom is -0.481 e. The molecule has 2 aromatic heterocycles. The van der Waals surface area contributed by atoms with Gasteiger partial charge in [-0.2, -0.15) is 0 Å². The normalized spacial score (nSPS) is 15.3. The van der Waals surface area contributed by atoms with E-state index < -0.39 is 5.97 Å². The molecule has 0 saturated heterocycles. The van der Waals surface area contributed by atoms with Gasteiger partial charge in [-0.15, -0.1) is 21.5 Å². The van der Waals surface area contributed by atoms with Crippen molar-refractivity contribution in [2.45, 2.75) is 43.3 Å². The molecule has 2 heterocycles. The second-order valence-electron chi connectivity index (χ2n) is 5.53. The minimum atomic E-state index is -0.852.